The number of benzene rings is 1. The van der Waals surface area contributed by atoms with E-state index in [0.29, 0.717) is 0 Å². The number of hydrogen-bond donors (Lipinski definition) is 2. The molecule has 192 valence electrons. The second-order valence-corrected chi connectivity index (χ2v) is 9.84. The summed E-state index contributed by atoms with van der Waals surface area (Å²) in [6, 6.07) is 0. The molecule has 0 saturated heterocycles. The predicted octanol–water partition coefficient (Wildman–Crippen LogP) is -0.613. The molecule has 2 N–H and O–H groups in total. The smallest absolute Gasteiger partial charge is 0.426 e. The summed E-state index contributed by atoms with van der Waals surface area (Å²) in [5.74, 6) is -6.89. The van der Waals surface area contributed by atoms with Crippen molar-refractivity contribution in [2.45, 2.75) is 56.7 Å². The van der Waals surface area contributed by atoms with Crippen molar-refractivity contribution in [2.75, 3.05) is 5.75 Å². The van der Waals surface area contributed by atoms with Gasteiger partial charge >= 0.3 is 24.1 Å². The highest BCUT2D eigenvalue weighted by atomic mass is 32.2. The zero-order valence-corrected chi connectivity index (χ0v) is 20.1. The van der Waals surface area contributed by atoms with Crippen molar-refractivity contribution >= 4 is 70.3 Å². The van der Waals surface area contributed by atoms with Crippen LogP contribution in [0.15, 0.2) is 0 Å². The van der Waals surface area contributed by atoms with E-state index in [-0.39, 0.29) is 60.4 Å². The lowest BCUT2D eigenvalue weighted by Crippen LogP contribution is -2.41. The van der Waals surface area contributed by atoms with Crippen LogP contribution in [-0.2, 0) is 37.0 Å². The lowest BCUT2D eigenvalue weighted by atomic mass is 9.68. The van der Waals surface area contributed by atoms with E-state index in [1.54, 1.807) is 0 Å². The molecule has 1 aliphatic carbocycles. The van der Waals surface area contributed by atoms with Crippen molar-refractivity contribution in [1.82, 2.24) is 0 Å². The molecular weight excluding hydrogens is 517 g/mol. The molecule has 1 aromatic rings. The molecule has 0 heterocycles. The molecule has 0 amide bonds. The van der Waals surface area contributed by atoms with E-state index in [1.807, 2.05) is 0 Å². The van der Waals surface area contributed by atoms with Gasteiger partial charge in [0.1, 0.15) is 27.5 Å². The molecule has 1 atom stereocenters. The van der Waals surface area contributed by atoms with Crippen molar-refractivity contribution < 1.29 is 55.1 Å². The van der Waals surface area contributed by atoms with Gasteiger partial charge in [-0.2, -0.15) is 21.6 Å². The zero-order valence-electron chi connectivity index (χ0n) is 19.3. The van der Waals surface area contributed by atoms with Gasteiger partial charge in [-0.1, -0.05) is 29.1 Å². The Balaban J connectivity index is 2.15. The SMILES string of the molecule is [B]Cc1c([B])c(C[B])c(C(=O)OC2CCC(C(=O)OC(CS(=O)(=O)O)C(F)(F)F)CC2)c(C(=O)O)c1[B]. The molecule has 0 aromatic heterocycles. The van der Waals surface area contributed by atoms with Crippen LogP contribution in [0.25, 0.3) is 0 Å². The minimum atomic E-state index is -5.23. The average molecular weight is 536 g/mol. The number of carboxylic acids is 1. The number of esters is 2. The maximum absolute atomic E-state index is 13.0. The van der Waals surface area contributed by atoms with Crippen LogP contribution in [0.5, 0.6) is 0 Å². The van der Waals surface area contributed by atoms with E-state index >= 15 is 0 Å². The second kappa shape index (κ2) is 12.0. The molecule has 8 radical (unpaired) electrons. The monoisotopic (exact) mass is 536 g/mol. The van der Waals surface area contributed by atoms with Crippen LogP contribution in [0.3, 0.4) is 0 Å². The Morgan fingerprint density at radius 3 is 1.95 bits per heavy atom. The van der Waals surface area contributed by atoms with Gasteiger partial charge < -0.3 is 14.6 Å². The first-order valence-electron chi connectivity index (χ1n) is 10.8. The molecule has 2 rings (SSSR count). The summed E-state index contributed by atoms with van der Waals surface area (Å²) in [6.07, 6.45) is -9.88. The normalized spacial score (nSPS) is 19.1. The molecule has 17 heteroatoms. The van der Waals surface area contributed by atoms with Crippen LogP contribution in [0, 0.1) is 5.92 Å². The van der Waals surface area contributed by atoms with Crippen molar-refractivity contribution in [2.24, 2.45) is 5.92 Å². The maximum Gasteiger partial charge on any atom is 0.426 e. The van der Waals surface area contributed by atoms with Crippen molar-refractivity contribution in [3.63, 3.8) is 0 Å². The van der Waals surface area contributed by atoms with Crippen LogP contribution >= 0.6 is 0 Å². The molecular formula is C20H19B4F3O9S. The quantitative estimate of drug-likeness (QED) is 0.240. The first-order chi connectivity index (χ1) is 17.0. The lowest BCUT2D eigenvalue weighted by molar-refractivity contribution is -0.218. The molecule has 37 heavy (non-hydrogen) atoms. The minimum Gasteiger partial charge on any atom is -0.478 e. The number of carbonyl (C=O) groups excluding carboxylic acids is 2. The molecule has 1 aromatic carbocycles. The fraction of sp³-hybridized carbons (Fsp3) is 0.550. The van der Waals surface area contributed by atoms with Gasteiger partial charge in [0.05, 0.1) is 32.7 Å². The highest BCUT2D eigenvalue weighted by Crippen LogP contribution is 2.31. The van der Waals surface area contributed by atoms with Crippen LogP contribution in [0.4, 0.5) is 13.2 Å². The summed E-state index contributed by atoms with van der Waals surface area (Å²) in [5, 5.41) is 9.63. The number of rotatable bonds is 9. The molecule has 1 unspecified atom stereocenters. The van der Waals surface area contributed by atoms with Gasteiger partial charge in [-0.05, 0) is 31.2 Å². The lowest BCUT2D eigenvalue weighted by Gasteiger charge is -2.29. The summed E-state index contributed by atoms with van der Waals surface area (Å²) < 4.78 is 79.1. The second-order valence-electron chi connectivity index (χ2n) is 8.34. The number of halogens is 3. The summed E-state index contributed by atoms with van der Waals surface area (Å²) in [7, 11) is 18.0. The number of alkyl halides is 3. The van der Waals surface area contributed by atoms with Gasteiger partial charge in [-0.3, -0.25) is 9.35 Å². The van der Waals surface area contributed by atoms with Gasteiger partial charge in [0, 0.05) is 0 Å². The van der Waals surface area contributed by atoms with Gasteiger partial charge in [0.15, 0.2) is 0 Å². The molecule has 9 nitrogen and oxygen atoms in total. The third-order valence-electron chi connectivity index (χ3n) is 5.89. The van der Waals surface area contributed by atoms with Crippen molar-refractivity contribution in [1.29, 1.82) is 0 Å². The van der Waals surface area contributed by atoms with E-state index in [4.69, 9.17) is 40.7 Å². The average Bonchev–Trinajstić information content (AvgIpc) is 2.77. The third-order valence-corrected chi connectivity index (χ3v) is 6.61. The largest absolute Gasteiger partial charge is 0.478 e. The molecule has 0 aliphatic heterocycles. The standard InChI is InChI=1S/C20H19B4F3O9S/c21-5-10-13(14(17(28)29)16(24)11(6-22)15(10)23)19(31)35-9-3-1-8(2-4-9)18(30)36-12(20(25,26)27)7-37(32,33)34/h8-9,12H,1-7H2,(H,28,29)(H,32,33,34). The number of carboxylic acid groups (broad SMARTS) is 1. The molecule has 0 bridgehead atoms. The fourth-order valence-electron chi connectivity index (χ4n) is 4.03. The number of aromatic carboxylic acids is 1. The zero-order chi connectivity index (χ0) is 28.3. The maximum atomic E-state index is 13.0. The molecule has 1 saturated carbocycles. The van der Waals surface area contributed by atoms with Crippen LogP contribution < -0.4 is 10.9 Å². The van der Waals surface area contributed by atoms with Gasteiger partial charge in [0.25, 0.3) is 10.1 Å². The molecule has 1 aliphatic rings. The summed E-state index contributed by atoms with van der Waals surface area (Å²) in [4.78, 5) is 37.0. The first kappa shape index (κ1) is 30.8. The Bertz CT molecular complexity index is 1170. The van der Waals surface area contributed by atoms with E-state index < -0.39 is 69.2 Å². The summed E-state index contributed by atoms with van der Waals surface area (Å²) >= 11 is 0. The Labute approximate surface area is 216 Å². The molecule has 0 spiro atoms. The molecule has 1 fully saturated rings. The Morgan fingerprint density at radius 1 is 0.973 bits per heavy atom. The topological polar surface area (TPSA) is 144 Å². The van der Waals surface area contributed by atoms with Gasteiger partial charge in [-0.15, -0.1) is 0 Å². The first-order valence-corrected chi connectivity index (χ1v) is 12.4. The van der Waals surface area contributed by atoms with Crippen LogP contribution in [0.1, 0.15) is 57.5 Å². The number of ether oxygens (including phenoxy) is 2. The number of hydrogen-bond acceptors (Lipinski definition) is 7. The minimum absolute atomic E-state index is 0.00724. The van der Waals surface area contributed by atoms with Crippen LogP contribution in [-0.4, -0.2) is 91.5 Å². The van der Waals surface area contributed by atoms with Crippen molar-refractivity contribution in [3.8, 4) is 0 Å². The van der Waals surface area contributed by atoms with E-state index in [2.05, 4.69) is 4.74 Å². The van der Waals surface area contributed by atoms with E-state index in [9.17, 15) is 41.1 Å². The van der Waals surface area contributed by atoms with Crippen LogP contribution in [0.2, 0.25) is 0 Å². The number of carbonyl (C=O) groups is 3. The Kier molecular flexibility index (Phi) is 9.97. The Hall–Kier alpha value is -2.41. The fourth-order valence-corrected chi connectivity index (χ4v) is 4.67. The summed E-state index contributed by atoms with van der Waals surface area (Å²) in [6.45, 7) is 0. The van der Waals surface area contributed by atoms with E-state index in [1.165, 1.54) is 0 Å². The third kappa shape index (κ3) is 7.56. The summed E-state index contributed by atoms with van der Waals surface area (Å²) in [5.41, 5.74) is -1.37. The highest BCUT2D eigenvalue weighted by molar-refractivity contribution is 7.85. The highest BCUT2D eigenvalue weighted by Gasteiger charge is 2.46. The van der Waals surface area contributed by atoms with Gasteiger partial charge in [-0.25, -0.2) is 9.59 Å². The van der Waals surface area contributed by atoms with E-state index in [0.717, 1.165) is 0 Å². The Morgan fingerprint density at radius 2 is 1.51 bits per heavy atom. The predicted molar refractivity (Wildman–Crippen MR) is 127 cm³/mol. The van der Waals surface area contributed by atoms with Gasteiger partial charge in [0.2, 0.25) is 6.10 Å². The van der Waals surface area contributed by atoms with Crippen molar-refractivity contribution in [3.05, 3.63) is 22.3 Å².